The number of benzene rings is 7. The lowest BCUT2D eigenvalue weighted by molar-refractivity contribution is 0.669. The Labute approximate surface area is 247 Å². The number of nitrogens with zero attached hydrogens (tertiary/aromatic N) is 2. The molecular weight excluding hydrogens is 524 g/mol. The topological polar surface area (TPSA) is 38.9 Å². The van der Waals surface area contributed by atoms with Gasteiger partial charge in [0.25, 0.3) is 0 Å². The van der Waals surface area contributed by atoms with Gasteiger partial charge in [0.05, 0.1) is 22.9 Å². The van der Waals surface area contributed by atoms with E-state index in [-0.39, 0.29) is 0 Å². The highest BCUT2D eigenvalue weighted by Gasteiger charge is 2.17. The predicted octanol–water partition coefficient (Wildman–Crippen LogP) is 10.8. The third-order valence-corrected chi connectivity index (χ3v) is 8.54. The summed E-state index contributed by atoms with van der Waals surface area (Å²) < 4.78 is 6.11. The molecule has 0 saturated carbocycles. The van der Waals surface area contributed by atoms with Gasteiger partial charge in [0, 0.05) is 27.1 Å². The maximum Gasteiger partial charge on any atom is 0.135 e. The van der Waals surface area contributed by atoms with Crippen LogP contribution in [-0.4, -0.2) is 9.97 Å². The van der Waals surface area contributed by atoms with E-state index in [0.29, 0.717) is 0 Å². The van der Waals surface area contributed by atoms with Crippen LogP contribution in [0.2, 0.25) is 0 Å². The Morgan fingerprint density at radius 3 is 1.67 bits per heavy atom. The van der Waals surface area contributed by atoms with Gasteiger partial charge in [-0.3, -0.25) is 4.98 Å². The van der Waals surface area contributed by atoms with E-state index in [1.165, 1.54) is 10.8 Å². The SMILES string of the molecule is c1ccc(-c2ccccc2-c2cnc3c4ccccc4c4ccccc4c3n2)c(-c2ccc3oc4ccccc4c3c2)c1. The molecule has 0 aliphatic rings. The normalized spacial score (nSPS) is 11.7. The molecule has 43 heavy (non-hydrogen) atoms. The summed E-state index contributed by atoms with van der Waals surface area (Å²) in [6.45, 7) is 0. The van der Waals surface area contributed by atoms with Crippen molar-refractivity contribution in [1.82, 2.24) is 9.97 Å². The van der Waals surface area contributed by atoms with E-state index in [9.17, 15) is 0 Å². The molecule has 0 radical (unpaired) electrons. The minimum Gasteiger partial charge on any atom is -0.456 e. The summed E-state index contributed by atoms with van der Waals surface area (Å²) in [5.74, 6) is 0. The summed E-state index contributed by atoms with van der Waals surface area (Å²) in [7, 11) is 0. The van der Waals surface area contributed by atoms with Crippen LogP contribution in [0.3, 0.4) is 0 Å². The van der Waals surface area contributed by atoms with E-state index in [0.717, 1.165) is 77.3 Å². The molecule has 0 aliphatic carbocycles. The molecule has 3 heteroatoms. The highest BCUT2D eigenvalue weighted by atomic mass is 16.3. The average Bonchev–Trinajstić information content (AvgIpc) is 3.46. The first kappa shape index (κ1) is 23.9. The quantitative estimate of drug-likeness (QED) is 0.206. The summed E-state index contributed by atoms with van der Waals surface area (Å²) in [6.07, 6.45) is 1.93. The third-order valence-electron chi connectivity index (χ3n) is 8.54. The summed E-state index contributed by atoms with van der Waals surface area (Å²) >= 11 is 0. The first-order chi connectivity index (χ1) is 21.3. The molecule has 0 spiro atoms. The Kier molecular flexibility index (Phi) is 5.20. The van der Waals surface area contributed by atoms with Crippen molar-refractivity contribution in [3.05, 3.63) is 146 Å². The van der Waals surface area contributed by atoms with Crippen molar-refractivity contribution in [2.75, 3.05) is 0 Å². The highest BCUT2D eigenvalue weighted by molar-refractivity contribution is 6.23. The molecular formula is C40H24N2O. The zero-order valence-corrected chi connectivity index (χ0v) is 23.2. The molecule has 0 saturated heterocycles. The molecule has 9 rings (SSSR count). The third kappa shape index (κ3) is 3.68. The molecule has 3 nitrogen and oxygen atoms in total. The number of fused-ring (bicyclic) bond motifs is 9. The standard InChI is InChI=1S/C40H24N2O/c1-2-12-27(26(11-1)25-21-22-38-35(23-25)32-17-9-10-20-37(32)43-38)28-13-3-6-16-31(28)36-24-41-39-33-18-7-4-14-29(33)30-15-5-8-19-34(30)40(39)42-36/h1-24H. The summed E-state index contributed by atoms with van der Waals surface area (Å²) in [5, 5.41) is 6.88. The van der Waals surface area contributed by atoms with E-state index >= 15 is 0 Å². The van der Waals surface area contributed by atoms with Crippen molar-refractivity contribution in [2.45, 2.75) is 0 Å². The lowest BCUT2D eigenvalue weighted by Crippen LogP contribution is -1.94. The Morgan fingerprint density at radius 2 is 0.930 bits per heavy atom. The monoisotopic (exact) mass is 548 g/mol. The van der Waals surface area contributed by atoms with Crippen LogP contribution in [0.15, 0.2) is 150 Å². The maximum absolute atomic E-state index is 6.11. The van der Waals surface area contributed by atoms with Crippen LogP contribution in [0.25, 0.3) is 88.0 Å². The number of rotatable bonds is 3. The number of aromatic nitrogens is 2. The van der Waals surface area contributed by atoms with Gasteiger partial charge in [0.2, 0.25) is 0 Å². The molecule has 200 valence electrons. The van der Waals surface area contributed by atoms with Crippen LogP contribution in [0.5, 0.6) is 0 Å². The second kappa shape index (κ2) is 9.37. The summed E-state index contributed by atoms with van der Waals surface area (Å²) in [5.41, 5.74) is 10.1. The van der Waals surface area contributed by atoms with Crippen molar-refractivity contribution in [3.63, 3.8) is 0 Å². The summed E-state index contributed by atoms with van der Waals surface area (Å²) in [6, 6.07) is 48.8. The van der Waals surface area contributed by atoms with Gasteiger partial charge < -0.3 is 4.42 Å². The van der Waals surface area contributed by atoms with Gasteiger partial charge in [-0.25, -0.2) is 4.98 Å². The molecule has 0 atom stereocenters. The molecule has 9 aromatic rings. The Bertz CT molecular complexity index is 2490. The molecule has 0 fully saturated rings. The number of furan rings is 1. The number of para-hydroxylation sites is 1. The molecule has 0 amide bonds. The van der Waals surface area contributed by atoms with Gasteiger partial charge in [-0.2, -0.15) is 0 Å². The second-order valence-corrected chi connectivity index (χ2v) is 10.9. The molecule has 2 heterocycles. The Balaban J connectivity index is 1.26. The largest absolute Gasteiger partial charge is 0.456 e. The van der Waals surface area contributed by atoms with Crippen molar-refractivity contribution >= 4 is 54.5 Å². The van der Waals surface area contributed by atoms with Gasteiger partial charge >= 0.3 is 0 Å². The van der Waals surface area contributed by atoms with Crippen LogP contribution < -0.4 is 0 Å². The molecule has 0 aliphatic heterocycles. The summed E-state index contributed by atoms with van der Waals surface area (Å²) in [4.78, 5) is 10.3. The first-order valence-electron chi connectivity index (χ1n) is 14.5. The number of hydrogen-bond acceptors (Lipinski definition) is 3. The first-order valence-corrected chi connectivity index (χ1v) is 14.5. The average molecular weight is 549 g/mol. The van der Waals surface area contributed by atoms with Gasteiger partial charge in [-0.15, -0.1) is 0 Å². The Hall–Kier alpha value is -5.80. The van der Waals surface area contributed by atoms with Crippen LogP contribution in [-0.2, 0) is 0 Å². The van der Waals surface area contributed by atoms with Crippen LogP contribution in [0, 0.1) is 0 Å². The number of hydrogen-bond donors (Lipinski definition) is 0. The van der Waals surface area contributed by atoms with E-state index in [2.05, 4.69) is 127 Å². The van der Waals surface area contributed by atoms with Gasteiger partial charge in [-0.1, -0.05) is 121 Å². The van der Waals surface area contributed by atoms with Crippen molar-refractivity contribution in [2.24, 2.45) is 0 Å². The second-order valence-electron chi connectivity index (χ2n) is 10.9. The maximum atomic E-state index is 6.11. The van der Waals surface area contributed by atoms with Crippen LogP contribution >= 0.6 is 0 Å². The highest BCUT2D eigenvalue weighted by Crippen LogP contribution is 2.41. The predicted molar refractivity (Wildman–Crippen MR) is 178 cm³/mol. The van der Waals surface area contributed by atoms with E-state index in [4.69, 9.17) is 14.4 Å². The minimum absolute atomic E-state index is 0.856. The lowest BCUT2D eigenvalue weighted by Gasteiger charge is -2.15. The van der Waals surface area contributed by atoms with Gasteiger partial charge in [-0.05, 0) is 51.2 Å². The van der Waals surface area contributed by atoms with Crippen molar-refractivity contribution in [3.8, 4) is 33.5 Å². The lowest BCUT2D eigenvalue weighted by atomic mass is 9.90. The van der Waals surface area contributed by atoms with E-state index in [1.807, 2.05) is 18.3 Å². The van der Waals surface area contributed by atoms with Gasteiger partial charge in [0.15, 0.2) is 0 Å². The minimum atomic E-state index is 0.856. The molecule has 0 bridgehead atoms. The van der Waals surface area contributed by atoms with Crippen molar-refractivity contribution in [1.29, 1.82) is 0 Å². The molecule has 7 aromatic carbocycles. The Morgan fingerprint density at radius 1 is 0.395 bits per heavy atom. The fourth-order valence-corrected chi connectivity index (χ4v) is 6.56. The smallest absolute Gasteiger partial charge is 0.135 e. The van der Waals surface area contributed by atoms with Crippen LogP contribution in [0.4, 0.5) is 0 Å². The molecule has 2 aromatic heterocycles. The fraction of sp³-hybridized carbons (Fsp3) is 0. The van der Waals surface area contributed by atoms with E-state index in [1.54, 1.807) is 0 Å². The molecule has 0 unspecified atom stereocenters. The fourth-order valence-electron chi connectivity index (χ4n) is 6.56. The van der Waals surface area contributed by atoms with E-state index < -0.39 is 0 Å². The van der Waals surface area contributed by atoms with Crippen LogP contribution in [0.1, 0.15) is 0 Å². The zero-order valence-electron chi connectivity index (χ0n) is 23.2. The zero-order chi connectivity index (χ0) is 28.3. The van der Waals surface area contributed by atoms with Crippen molar-refractivity contribution < 1.29 is 4.42 Å². The van der Waals surface area contributed by atoms with Gasteiger partial charge in [0.1, 0.15) is 11.2 Å². The molecule has 0 N–H and O–H groups in total.